The molecule has 0 aromatic heterocycles. The number of nitrogens with zero attached hydrogens (tertiary/aromatic N) is 2. The number of hydrogen-bond acceptors (Lipinski definition) is 7. The van der Waals surface area contributed by atoms with Crippen LogP contribution in [0.15, 0.2) is 48.5 Å². The van der Waals surface area contributed by atoms with Crippen LogP contribution in [0.5, 0.6) is 11.5 Å². The lowest BCUT2D eigenvalue weighted by atomic mass is 10.1. The summed E-state index contributed by atoms with van der Waals surface area (Å²) in [5, 5.41) is 0. The molecular weight excluding hydrogens is 447 g/mol. The predicted octanol–water partition coefficient (Wildman–Crippen LogP) is 4.64. The van der Waals surface area contributed by atoms with Crippen LogP contribution in [-0.2, 0) is 36.2 Å². The van der Waals surface area contributed by atoms with Crippen LogP contribution in [0.25, 0.3) is 5.53 Å². The van der Waals surface area contributed by atoms with Gasteiger partial charge in [0.2, 0.25) is 0 Å². The Morgan fingerprint density at radius 2 is 1.70 bits per heavy atom. The van der Waals surface area contributed by atoms with Crippen LogP contribution in [-0.4, -0.2) is 43.1 Å². The zero-order valence-electron chi connectivity index (χ0n) is 19.1. The van der Waals surface area contributed by atoms with Gasteiger partial charge in [0.05, 0.1) is 26.9 Å². The maximum Gasteiger partial charge on any atom is 0.484 e. The number of rotatable bonds is 14. The lowest BCUT2D eigenvalue weighted by Crippen LogP contribution is -2.22. The van der Waals surface area contributed by atoms with Gasteiger partial charge in [-0.3, -0.25) is 0 Å². The number of ether oxygens (including phenoxy) is 3. The molecule has 0 aliphatic rings. The van der Waals surface area contributed by atoms with Crippen molar-refractivity contribution >= 4 is 19.0 Å². The highest BCUT2D eigenvalue weighted by Crippen LogP contribution is 2.49. The van der Waals surface area contributed by atoms with Crippen molar-refractivity contribution in [3.8, 4) is 11.5 Å². The smallest absolute Gasteiger partial charge is 0.484 e. The van der Waals surface area contributed by atoms with Crippen molar-refractivity contribution in [1.29, 1.82) is 0 Å². The molecule has 0 bridgehead atoms. The first kappa shape index (κ1) is 26.3. The summed E-state index contributed by atoms with van der Waals surface area (Å²) >= 11 is 0. The molecule has 178 valence electrons. The quantitative estimate of drug-likeness (QED) is 0.0973. The largest absolute Gasteiger partial charge is 0.493 e. The lowest BCUT2D eigenvalue weighted by Gasteiger charge is -2.13. The summed E-state index contributed by atoms with van der Waals surface area (Å²) < 4.78 is 39.1. The zero-order chi connectivity index (χ0) is 24.1. The predicted molar refractivity (Wildman–Crippen MR) is 123 cm³/mol. The van der Waals surface area contributed by atoms with E-state index in [-0.39, 0.29) is 19.8 Å². The fourth-order valence-corrected chi connectivity index (χ4v) is 4.33. The van der Waals surface area contributed by atoms with Crippen LogP contribution in [0.4, 0.5) is 0 Å². The Bertz CT molecular complexity index is 997. The highest BCUT2D eigenvalue weighted by molar-refractivity contribution is 7.74. The number of hydrogen-bond donors (Lipinski definition) is 0. The van der Waals surface area contributed by atoms with E-state index in [9.17, 15) is 9.36 Å². The van der Waals surface area contributed by atoms with Gasteiger partial charge in [0.15, 0.2) is 11.5 Å². The van der Waals surface area contributed by atoms with Crippen molar-refractivity contribution in [2.45, 2.75) is 33.3 Å². The summed E-state index contributed by atoms with van der Waals surface area (Å²) in [6.07, 6.45) is 1.06. The van der Waals surface area contributed by atoms with Gasteiger partial charge in [0.1, 0.15) is 6.61 Å². The molecule has 0 amide bonds. The summed E-state index contributed by atoms with van der Waals surface area (Å²) in [7, 11) is -2.47. The van der Waals surface area contributed by atoms with Crippen molar-refractivity contribution in [2.24, 2.45) is 0 Å². The van der Waals surface area contributed by atoms with Crippen molar-refractivity contribution in [3.05, 3.63) is 65.2 Å². The first-order valence-electron chi connectivity index (χ1n) is 10.6. The van der Waals surface area contributed by atoms with Crippen LogP contribution >= 0.6 is 7.60 Å². The molecule has 33 heavy (non-hydrogen) atoms. The number of methoxy groups -OCH3 is 1. The van der Waals surface area contributed by atoms with E-state index >= 15 is 0 Å². The molecule has 0 saturated heterocycles. The Balaban J connectivity index is 1.90. The molecule has 0 aliphatic heterocycles. The normalized spacial score (nSPS) is 10.9. The van der Waals surface area contributed by atoms with Gasteiger partial charge in [-0.05, 0) is 49.9 Å². The SMILES string of the molecule is CCOP(=O)(OCC)C(=[N+]=[N-])C(=O)OCCCc1ccc(OCc2ccccc2)c(OC)c1. The fraction of sp³-hybridized carbons (Fsp3) is 0.391. The van der Waals surface area contributed by atoms with Gasteiger partial charge < -0.3 is 28.8 Å². The minimum absolute atomic E-state index is 0.0104. The molecular formula is C23H29N2O7P. The monoisotopic (exact) mass is 476 g/mol. The van der Waals surface area contributed by atoms with Crippen molar-refractivity contribution < 1.29 is 37.4 Å². The first-order valence-corrected chi connectivity index (χ1v) is 12.1. The Morgan fingerprint density at radius 3 is 2.30 bits per heavy atom. The molecule has 0 radical (unpaired) electrons. The Morgan fingerprint density at radius 1 is 1.00 bits per heavy atom. The van der Waals surface area contributed by atoms with Gasteiger partial charge in [-0.25, -0.2) is 9.36 Å². The van der Waals surface area contributed by atoms with Crippen molar-refractivity contribution in [1.82, 2.24) is 0 Å². The molecule has 0 N–H and O–H groups in total. The standard InChI is InChI=1S/C23H29N2O7P/c1-4-31-33(27,32-5-2)22(25-24)23(26)29-15-9-12-18-13-14-20(21(16-18)28-3)30-17-19-10-7-6-8-11-19/h6-8,10-11,13-14,16H,4-5,9,12,15,17H2,1-3H3. The second-order valence-electron chi connectivity index (χ2n) is 6.76. The van der Waals surface area contributed by atoms with Crippen molar-refractivity contribution in [2.75, 3.05) is 26.9 Å². The Labute approximate surface area is 193 Å². The number of esters is 1. The minimum atomic E-state index is -4.04. The van der Waals surface area contributed by atoms with E-state index in [4.69, 9.17) is 28.8 Å². The molecule has 0 aliphatic carbocycles. The van der Waals surface area contributed by atoms with Gasteiger partial charge in [0, 0.05) is 0 Å². The third kappa shape index (κ3) is 7.84. The van der Waals surface area contributed by atoms with E-state index in [1.54, 1.807) is 21.0 Å². The second kappa shape index (κ2) is 13.6. The first-order chi connectivity index (χ1) is 16.0. The van der Waals surface area contributed by atoms with Gasteiger partial charge in [0.25, 0.3) is 0 Å². The lowest BCUT2D eigenvalue weighted by molar-refractivity contribution is -0.139. The van der Waals surface area contributed by atoms with E-state index < -0.39 is 19.0 Å². The number of carbonyl (C=O) groups excluding carboxylic acids is 1. The number of carbonyl (C=O) groups is 1. The third-order valence-electron chi connectivity index (χ3n) is 4.44. The maximum atomic E-state index is 12.6. The van der Waals surface area contributed by atoms with E-state index in [2.05, 4.69) is 4.79 Å². The summed E-state index contributed by atoms with van der Waals surface area (Å²) in [5.74, 6) is 0.178. The molecule has 0 heterocycles. The Hall–Kier alpha value is -2.96. The number of aryl methyl sites for hydroxylation is 1. The van der Waals surface area contributed by atoms with Gasteiger partial charge in [-0.15, -0.1) is 4.79 Å². The van der Waals surface area contributed by atoms with E-state index in [1.165, 1.54) is 0 Å². The Kier molecular flexibility index (Phi) is 10.8. The average Bonchev–Trinajstić information content (AvgIpc) is 2.82. The van der Waals surface area contributed by atoms with Crippen LogP contribution in [0.3, 0.4) is 0 Å². The van der Waals surface area contributed by atoms with Crippen LogP contribution in [0.1, 0.15) is 31.4 Å². The summed E-state index contributed by atoms with van der Waals surface area (Å²) in [6, 6.07) is 15.4. The van der Waals surface area contributed by atoms with E-state index in [0.29, 0.717) is 30.9 Å². The van der Waals surface area contributed by atoms with E-state index in [1.807, 2.05) is 48.5 Å². The molecule has 2 rings (SSSR count). The van der Waals surface area contributed by atoms with Gasteiger partial charge in [-0.1, -0.05) is 36.4 Å². The van der Waals surface area contributed by atoms with Crippen molar-refractivity contribution in [3.63, 3.8) is 0 Å². The van der Waals surface area contributed by atoms with Gasteiger partial charge in [-0.2, -0.15) is 0 Å². The van der Waals surface area contributed by atoms with Crippen LogP contribution < -0.4 is 9.47 Å². The second-order valence-corrected chi connectivity index (χ2v) is 8.69. The molecule has 10 heteroatoms. The molecule has 0 unspecified atom stereocenters. The van der Waals surface area contributed by atoms with Crippen LogP contribution in [0.2, 0.25) is 0 Å². The number of benzene rings is 2. The summed E-state index contributed by atoms with van der Waals surface area (Å²) in [5.41, 5.74) is 10.4. The molecule has 2 aromatic rings. The highest BCUT2D eigenvalue weighted by atomic mass is 31.2. The summed E-state index contributed by atoms with van der Waals surface area (Å²) in [4.78, 5) is 15.0. The maximum absolute atomic E-state index is 12.6. The van der Waals surface area contributed by atoms with Gasteiger partial charge >= 0.3 is 19.0 Å². The average molecular weight is 476 g/mol. The molecule has 2 aromatic carbocycles. The van der Waals surface area contributed by atoms with Crippen LogP contribution in [0, 0.1) is 0 Å². The molecule has 0 saturated carbocycles. The minimum Gasteiger partial charge on any atom is -0.493 e. The van der Waals surface area contributed by atoms with E-state index in [0.717, 1.165) is 11.1 Å². The zero-order valence-corrected chi connectivity index (χ0v) is 20.0. The third-order valence-corrected chi connectivity index (χ3v) is 6.43. The molecule has 0 atom stereocenters. The topological polar surface area (TPSA) is 117 Å². The fourth-order valence-electron chi connectivity index (χ4n) is 2.93. The molecule has 9 nitrogen and oxygen atoms in total. The highest BCUT2D eigenvalue weighted by Gasteiger charge is 2.47. The molecule has 0 fully saturated rings. The summed E-state index contributed by atoms with van der Waals surface area (Å²) in [6.45, 7) is 3.63. The molecule has 0 spiro atoms.